The first-order valence-electron chi connectivity index (χ1n) is 10.00. The van der Waals surface area contributed by atoms with Gasteiger partial charge in [-0.3, -0.25) is 9.69 Å². The summed E-state index contributed by atoms with van der Waals surface area (Å²) in [6, 6.07) is 14.4. The van der Waals surface area contributed by atoms with E-state index in [2.05, 4.69) is 54.4 Å². The Balaban J connectivity index is 1.37. The van der Waals surface area contributed by atoms with Gasteiger partial charge < -0.3 is 10.1 Å². The average molecular weight is 364 g/mol. The number of benzene rings is 2. The number of amides is 1. The van der Waals surface area contributed by atoms with Gasteiger partial charge in [0.2, 0.25) is 0 Å². The van der Waals surface area contributed by atoms with E-state index in [9.17, 15) is 4.79 Å². The number of hydrogen-bond donors (Lipinski definition) is 1. The molecule has 0 saturated carbocycles. The zero-order valence-electron chi connectivity index (χ0n) is 16.2. The molecular formula is C23H28N2O2. The number of carbonyl (C=O) groups is 1. The summed E-state index contributed by atoms with van der Waals surface area (Å²) in [7, 11) is 0. The van der Waals surface area contributed by atoms with Gasteiger partial charge in [-0.25, -0.2) is 0 Å². The molecule has 0 bridgehead atoms. The first-order valence-corrected chi connectivity index (χ1v) is 10.00. The molecule has 2 heterocycles. The van der Waals surface area contributed by atoms with E-state index in [-0.39, 0.29) is 12.0 Å². The Kier molecular flexibility index (Phi) is 5.17. The predicted octanol–water partition coefficient (Wildman–Crippen LogP) is 4.10. The second-order valence-electron chi connectivity index (χ2n) is 7.82. The zero-order chi connectivity index (χ0) is 18.8. The maximum Gasteiger partial charge on any atom is 0.255 e. The summed E-state index contributed by atoms with van der Waals surface area (Å²) in [5.74, 6) is 0.987. The Morgan fingerprint density at radius 2 is 1.78 bits per heavy atom. The second kappa shape index (κ2) is 7.73. The number of carbonyl (C=O) groups excluding carboxylic acids is 1. The summed E-state index contributed by atoms with van der Waals surface area (Å²) >= 11 is 0. The molecule has 4 rings (SSSR count). The highest BCUT2D eigenvalue weighted by atomic mass is 16.5. The predicted molar refractivity (Wildman–Crippen MR) is 107 cm³/mol. The summed E-state index contributed by atoms with van der Waals surface area (Å²) in [6.45, 7) is 8.16. The molecule has 0 spiro atoms. The van der Waals surface area contributed by atoms with E-state index < -0.39 is 0 Å². The fourth-order valence-electron chi connectivity index (χ4n) is 4.00. The maximum absolute atomic E-state index is 12.7. The Hall–Kier alpha value is -2.33. The van der Waals surface area contributed by atoms with Crippen LogP contribution in [0.4, 0.5) is 0 Å². The van der Waals surface area contributed by atoms with Crippen molar-refractivity contribution in [3.63, 3.8) is 0 Å². The van der Waals surface area contributed by atoms with Gasteiger partial charge >= 0.3 is 0 Å². The van der Waals surface area contributed by atoms with E-state index in [0.717, 1.165) is 23.4 Å². The van der Waals surface area contributed by atoms with E-state index in [1.165, 1.54) is 31.5 Å². The van der Waals surface area contributed by atoms with Crippen molar-refractivity contribution in [1.29, 1.82) is 0 Å². The summed E-state index contributed by atoms with van der Waals surface area (Å²) in [5, 5.41) is 3.04. The highest BCUT2D eigenvalue weighted by Gasteiger charge is 2.30. The summed E-state index contributed by atoms with van der Waals surface area (Å²) in [5.41, 5.74) is 4.21. The lowest BCUT2D eigenvalue weighted by molar-refractivity contribution is 0.0946. The second-order valence-corrected chi connectivity index (χ2v) is 7.82. The third kappa shape index (κ3) is 3.86. The van der Waals surface area contributed by atoms with E-state index in [0.29, 0.717) is 18.0 Å². The normalized spacial score (nSPS) is 21.7. The molecule has 1 fully saturated rings. The molecule has 4 heteroatoms. The molecule has 2 atom stereocenters. The average Bonchev–Trinajstić information content (AvgIpc) is 3.29. The molecule has 2 aliphatic rings. The van der Waals surface area contributed by atoms with E-state index in [4.69, 9.17) is 4.74 Å². The molecule has 0 aliphatic carbocycles. The largest absolute Gasteiger partial charge is 0.489 e. The number of hydrogen-bond acceptors (Lipinski definition) is 3. The van der Waals surface area contributed by atoms with Gasteiger partial charge in [0.15, 0.2) is 0 Å². The minimum Gasteiger partial charge on any atom is -0.489 e. The van der Waals surface area contributed by atoms with Crippen LogP contribution in [0.15, 0.2) is 42.5 Å². The van der Waals surface area contributed by atoms with Crippen LogP contribution in [0.1, 0.15) is 59.7 Å². The fraction of sp³-hybridized carbons (Fsp3) is 0.435. The van der Waals surface area contributed by atoms with Crippen LogP contribution in [0.3, 0.4) is 0 Å². The van der Waals surface area contributed by atoms with Crippen molar-refractivity contribution in [3.8, 4) is 5.75 Å². The van der Waals surface area contributed by atoms with Gasteiger partial charge in [0, 0.05) is 24.6 Å². The maximum atomic E-state index is 12.7. The molecule has 1 N–H and O–H groups in total. The number of para-hydroxylation sites is 1. The van der Waals surface area contributed by atoms with Crippen molar-refractivity contribution in [3.05, 3.63) is 64.7 Å². The molecular weight excluding hydrogens is 336 g/mol. The highest BCUT2D eigenvalue weighted by molar-refractivity contribution is 5.97. The third-order valence-corrected chi connectivity index (χ3v) is 5.87. The van der Waals surface area contributed by atoms with Crippen LogP contribution < -0.4 is 10.1 Å². The minimum atomic E-state index is -0.0747. The van der Waals surface area contributed by atoms with Gasteiger partial charge in [0.25, 0.3) is 5.91 Å². The van der Waals surface area contributed by atoms with Crippen LogP contribution in [0.5, 0.6) is 5.75 Å². The first kappa shape index (κ1) is 18.1. The highest BCUT2D eigenvalue weighted by Crippen LogP contribution is 2.40. The van der Waals surface area contributed by atoms with Crippen LogP contribution in [0.2, 0.25) is 0 Å². The Morgan fingerprint density at radius 3 is 2.52 bits per heavy atom. The quantitative estimate of drug-likeness (QED) is 0.869. The number of likely N-dealkylation sites (tertiary alicyclic amines) is 1. The van der Waals surface area contributed by atoms with Gasteiger partial charge in [-0.2, -0.15) is 0 Å². The lowest BCUT2D eigenvalue weighted by Gasteiger charge is -2.15. The summed E-state index contributed by atoms with van der Waals surface area (Å²) in [6.07, 6.45) is 2.74. The van der Waals surface area contributed by atoms with Gasteiger partial charge in [0.1, 0.15) is 11.9 Å². The van der Waals surface area contributed by atoms with Gasteiger partial charge in [-0.1, -0.05) is 43.3 Å². The molecule has 2 aromatic rings. The molecule has 1 saturated heterocycles. The van der Waals surface area contributed by atoms with E-state index in [1.54, 1.807) is 0 Å². The monoisotopic (exact) mass is 364 g/mol. The molecule has 0 radical (unpaired) electrons. The topological polar surface area (TPSA) is 41.6 Å². The Bertz CT molecular complexity index is 810. The Morgan fingerprint density at radius 1 is 1.07 bits per heavy atom. The SMILES string of the molecule is C[C@@H]1Oc2c(C(=O)NCc3ccc(CN4CCCC4)cc3)cccc2[C@H]1C. The third-order valence-electron chi connectivity index (χ3n) is 5.87. The molecule has 2 aliphatic heterocycles. The van der Waals surface area contributed by atoms with Crippen LogP contribution >= 0.6 is 0 Å². The van der Waals surface area contributed by atoms with E-state index in [1.807, 2.05) is 12.1 Å². The smallest absolute Gasteiger partial charge is 0.255 e. The van der Waals surface area contributed by atoms with Crippen molar-refractivity contribution >= 4 is 5.91 Å². The van der Waals surface area contributed by atoms with Gasteiger partial charge in [0.05, 0.1) is 5.56 Å². The van der Waals surface area contributed by atoms with Crippen LogP contribution in [-0.2, 0) is 13.1 Å². The van der Waals surface area contributed by atoms with Crippen molar-refractivity contribution in [2.45, 2.75) is 51.8 Å². The van der Waals surface area contributed by atoms with Crippen molar-refractivity contribution < 1.29 is 9.53 Å². The zero-order valence-corrected chi connectivity index (χ0v) is 16.2. The number of nitrogens with one attached hydrogen (secondary N) is 1. The first-order chi connectivity index (χ1) is 13.1. The van der Waals surface area contributed by atoms with Crippen molar-refractivity contribution in [1.82, 2.24) is 10.2 Å². The lowest BCUT2D eigenvalue weighted by Crippen LogP contribution is -2.23. The number of rotatable bonds is 5. The molecule has 0 unspecified atom stereocenters. The standard InChI is InChI=1S/C23H28N2O2/c1-16-17(2)27-22-20(16)6-5-7-21(22)23(26)24-14-18-8-10-19(11-9-18)15-25-12-3-4-13-25/h5-11,16-17H,3-4,12-15H2,1-2H3,(H,24,26)/t16-,17-/m0/s1. The van der Waals surface area contributed by atoms with Crippen LogP contribution in [-0.4, -0.2) is 30.0 Å². The van der Waals surface area contributed by atoms with Crippen LogP contribution in [0, 0.1) is 0 Å². The van der Waals surface area contributed by atoms with Crippen LogP contribution in [0.25, 0.3) is 0 Å². The molecule has 1 amide bonds. The fourth-order valence-corrected chi connectivity index (χ4v) is 4.00. The number of fused-ring (bicyclic) bond motifs is 1. The molecule has 4 nitrogen and oxygen atoms in total. The van der Waals surface area contributed by atoms with E-state index >= 15 is 0 Å². The number of ether oxygens (including phenoxy) is 1. The minimum absolute atomic E-state index is 0.0747. The van der Waals surface area contributed by atoms with Crippen molar-refractivity contribution in [2.75, 3.05) is 13.1 Å². The summed E-state index contributed by atoms with van der Waals surface area (Å²) in [4.78, 5) is 15.2. The van der Waals surface area contributed by atoms with Gasteiger partial charge in [-0.05, 0) is 50.0 Å². The molecule has 0 aromatic heterocycles. The summed E-state index contributed by atoms with van der Waals surface area (Å²) < 4.78 is 5.94. The molecule has 2 aromatic carbocycles. The Labute approximate surface area is 161 Å². The molecule has 142 valence electrons. The molecule has 27 heavy (non-hydrogen) atoms. The van der Waals surface area contributed by atoms with Crippen molar-refractivity contribution in [2.24, 2.45) is 0 Å². The lowest BCUT2D eigenvalue weighted by atomic mass is 9.97. The van der Waals surface area contributed by atoms with Gasteiger partial charge in [-0.15, -0.1) is 0 Å². The number of nitrogens with zero attached hydrogens (tertiary/aromatic N) is 1.